The number of ether oxygens (including phenoxy) is 2. The monoisotopic (exact) mass is 802 g/mol. The maximum Gasteiger partial charge on any atom is 0.422 e. The summed E-state index contributed by atoms with van der Waals surface area (Å²) in [4.78, 5) is 63.3. The number of nitrogens with zero attached hydrogens (tertiary/aromatic N) is 3. The van der Waals surface area contributed by atoms with Crippen LogP contribution in [-0.4, -0.2) is 77.2 Å². The zero-order chi connectivity index (χ0) is 40.9. The fourth-order valence-electron chi connectivity index (χ4n) is 7.35. The van der Waals surface area contributed by atoms with Gasteiger partial charge in [-0.3, -0.25) is 14.4 Å². The van der Waals surface area contributed by atoms with Crippen LogP contribution in [0.2, 0.25) is 5.02 Å². The molecule has 2 fully saturated rings. The number of anilines is 3. The molecule has 18 heteroatoms. The Morgan fingerprint density at radius 1 is 0.893 bits per heavy atom. The lowest BCUT2D eigenvalue weighted by atomic mass is 9.63. The van der Waals surface area contributed by atoms with Crippen molar-refractivity contribution in [3.63, 3.8) is 0 Å². The van der Waals surface area contributed by atoms with E-state index < -0.39 is 54.1 Å². The number of halogens is 4. The van der Waals surface area contributed by atoms with Crippen LogP contribution in [0.3, 0.4) is 0 Å². The standard InChI is InChI=1S/C38H46ClF3N8O6/c1-35(2)18-26(19-36(3,4)20-35)44-30(53)29(52)43-17-14-27(31(54)55-5)46-28(51)22-6-12-25(13-7-22)45-32-47-33(49-34(48-32)56-21-38(40,41)42)50-37(15-16-37)23-8-10-24(39)11-9-23/h6-13,26-27H,14-21H2,1-5H3,(H,43,52)(H,44,53)(H,46,51)(H2,45,47,48,49,50)/t27-/m0/s1. The molecule has 0 bridgehead atoms. The smallest absolute Gasteiger partial charge is 0.422 e. The van der Waals surface area contributed by atoms with Gasteiger partial charge in [-0.1, -0.05) is 51.4 Å². The molecule has 1 heterocycles. The largest absolute Gasteiger partial charge is 0.467 e. The van der Waals surface area contributed by atoms with E-state index in [0.717, 1.165) is 31.9 Å². The Balaban J connectivity index is 1.19. The highest BCUT2D eigenvalue weighted by Crippen LogP contribution is 2.48. The first-order valence-corrected chi connectivity index (χ1v) is 18.5. The fraction of sp³-hybridized carbons (Fsp3) is 0.500. The molecule has 0 spiro atoms. The third-order valence-corrected chi connectivity index (χ3v) is 9.74. The van der Waals surface area contributed by atoms with Crippen LogP contribution in [-0.2, 0) is 24.7 Å². The minimum absolute atomic E-state index is 0.00925. The number of esters is 1. The molecule has 2 saturated carbocycles. The molecule has 56 heavy (non-hydrogen) atoms. The summed E-state index contributed by atoms with van der Waals surface area (Å²) < 4.78 is 48.6. The number of hydrogen-bond acceptors (Lipinski definition) is 11. The summed E-state index contributed by atoms with van der Waals surface area (Å²) in [5.74, 6) is -3.16. The Labute approximate surface area is 327 Å². The average molecular weight is 803 g/mol. The van der Waals surface area contributed by atoms with Gasteiger partial charge in [-0.15, -0.1) is 0 Å². The van der Waals surface area contributed by atoms with E-state index in [1.54, 1.807) is 12.1 Å². The van der Waals surface area contributed by atoms with Gasteiger partial charge < -0.3 is 36.1 Å². The Hall–Kier alpha value is -5.19. The molecule has 2 aliphatic carbocycles. The Morgan fingerprint density at radius 2 is 1.52 bits per heavy atom. The van der Waals surface area contributed by atoms with Crippen molar-refractivity contribution in [2.75, 3.05) is 30.9 Å². The Morgan fingerprint density at radius 3 is 2.11 bits per heavy atom. The lowest BCUT2D eigenvalue weighted by molar-refractivity contribution is -0.154. The van der Waals surface area contributed by atoms with Gasteiger partial charge in [0.15, 0.2) is 6.61 Å². The average Bonchev–Trinajstić information content (AvgIpc) is 3.88. The summed E-state index contributed by atoms with van der Waals surface area (Å²) in [6.45, 7) is 6.83. The quantitative estimate of drug-likeness (QED) is 0.0979. The van der Waals surface area contributed by atoms with Crippen molar-refractivity contribution in [1.29, 1.82) is 0 Å². The Kier molecular flexibility index (Phi) is 12.7. The van der Waals surface area contributed by atoms with E-state index in [-0.39, 0.29) is 47.3 Å². The third kappa shape index (κ3) is 11.9. The number of carbonyl (C=O) groups is 4. The topological polar surface area (TPSA) is 186 Å². The van der Waals surface area contributed by atoms with Crippen LogP contribution in [0, 0.1) is 10.8 Å². The van der Waals surface area contributed by atoms with Gasteiger partial charge in [0.2, 0.25) is 11.9 Å². The molecule has 1 aromatic heterocycles. The normalized spacial score (nSPS) is 17.4. The van der Waals surface area contributed by atoms with Gasteiger partial charge >= 0.3 is 30.0 Å². The summed E-state index contributed by atoms with van der Waals surface area (Å²) in [7, 11) is 1.16. The molecule has 0 radical (unpaired) electrons. The van der Waals surface area contributed by atoms with Crippen molar-refractivity contribution in [2.45, 2.75) is 90.0 Å². The fourth-order valence-corrected chi connectivity index (χ4v) is 7.48. The van der Waals surface area contributed by atoms with E-state index in [4.69, 9.17) is 21.1 Å². The van der Waals surface area contributed by atoms with Crippen molar-refractivity contribution < 1.29 is 41.8 Å². The number of amides is 3. The van der Waals surface area contributed by atoms with E-state index >= 15 is 0 Å². The summed E-state index contributed by atoms with van der Waals surface area (Å²) in [5, 5.41) is 14.6. The lowest BCUT2D eigenvalue weighted by Crippen LogP contribution is -2.50. The molecule has 14 nitrogen and oxygen atoms in total. The van der Waals surface area contributed by atoms with Gasteiger partial charge in [-0.25, -0.2) is 4.79 Å². The van der Waals surface area contributed by atoms with Crippen LogP contribution < -0.4 is 31.3 Å². The van der Waals surface area contributed by atoms with Crippen LogP contribution in [0.25, 0.3) is 0 Å². The highest BCUT2D eigenvalue weighted by molar-refractivity contribution is 6.35. The van der Waals surface area contributed by atoms with Gasteiger partial charge in [0.25, 0.3) is 5.91 Å². The molecular weight excluding hydrogens is 757 g/mol. The second-order valence-corrected chi connectivity index (χ2v) is 16.2. The van der Waals surface area contributed by atoms with E-state index in [9.17, 15) is 32.3 Å². The van der Waals surface area contributed by atoms with Crippen LogP contribution in [0.5, 0.6) is 6.01 Å². The van der Waals surface area contributed by atoms with Crippen LogP contribution in [0.1, 0.15) is 82.1 Å². The summed E-state index contributed by atoms with van der Waals surface area (Å²) in [6.07, 6.45) is -0.780. The predicted molar refractivity (Wildman–Crippen MR) is 201 cm³/mol. The minimum Gasteiger partial charge on any atom is -0.467 e. The summed E-state index contributed by atoms with van der Waals surface area (Å²) in [6, 6.07) is 11.2. The maximum atomic E-state index is 13.1. The summed E-state index contributed by atoms with van der Waals surface area (Å²) >= 11 is 6.04. The molecule has 3 aromatic rings. The lowest BCUT2D eigenvalue weighted by Gasteiger charge is -2.45. The number of benzene rings is 2. The van der Waals surface area contributed by atoms with Crippen molar-refractivity contribution in [3.8, 4) is 6.01 Å². The number of methoxy groups -OCH3 is 1. The highest BCUT2D eigenvalue weighted by atomic mass is 35.5. The third-order valence-electron chi connectivity index (χ3n) is 9.49. The first-order valence-electron chi connectivity index (χ1n) is 18.1. The van der Waals surface area contributed by atoms with E-state index in [0.29, 0.717) is 23.6 Å². The van der Waals surface area contributed by atoms with Gasteiger partial charge in [-0.05, 0) is 91.3 Å². The van der Waals surface area contributed by atoms with Crippen molar-refractivity contribution >= 4 is 52.9 Å². The zero-order valence-electron chi connectivity index (χ0n) is 31.7. The molecule has 3 amide bonds. The SMILES string of the molecule is COC(=O)[C@H](CCNC(=O)C(=O)NC1CC(C)(C)CC(C)(C)C1)NC(=O)c1ccc(Nc2nc(NC3(c4ccc(Cl)cc4)CC3)nc(OCC(F)(F)F)n2)cc1. The molecule has 0 unspecified atom stereocenters. The number of hydrogen-bond donors (Lipinski definition) is 5. The number of carbonyl (C=O) groups excluding carboxylic acids is 4. The zero-order valence-corrected chi connectivity index (χ0v) is 32.5. The Bertz CT molecular complexity index is 1890. The highest BCUT2D eigenvalue weighted by Gasteiger charge is 2.45. The molecule has 5 N–H and O–H groups in total. The first-order chi connectivity index (χ1) is 26.2. The second kappa shape index (κ2) is 16.9. The molecule has 5 rings (SSSR count). The number of rotatable bonds is 14. The molecule has 0 aliphatic heterocycles. The molecule has 2 aromatic carbocycles. The molecule has 1 atom stereocenters. The molecule has 302 valence electrons. The predicted octanol–water partition coefficient (Wildman–Crippen LogP) is 5.81. The number of nitrogens with one attached hydrogen (secondary N) is 5. The molecule has 2 aliphatic rings. The summed E-state index contributed by atoms with van der Waals surface area (Å²) in [5.41, 5.74) is 0.881. The van der Waals surface area contributed by atoms with Crippen LogP contribution in [0.4, 0.5) is 30.8 Å². The van der Waals surface area contributed by atoms with Gasteiger partial charge in [0.05, 0.1) is 12.6 Å². The van der Waals surface area contributed by atoms with E-state index in [2.05, 4.69) is 69.2 Å². The van der Waals surface area contributed by atoms with Gasteiger partial charge in [0, 0.05) is 28.9 Å². The van der Waals surface area contributed by atoms with E-state index in [1.807, 2.05) is 12.1 Å². The van der Waals surface area contributed by atoms with Crippen LogP contribution >= 0.6 is 11.6 Å². The second-order valence-electron chi connectivity index (χ2n) is 15.8. The van der Waals surface area contributed by atoms with E-state index in [1.165, 1.54) is 24.3 Å². The van der Waals surface area contributed by atoms with Crippen LogP contribution in [0.15, 0.2) is 48.5 Å². The molecule has 0 saturated heterocycles. The van der Waals surface area contributed by atoms with Crippen molar-refractivity contribution in [1.82, 2.24) is 30.9 Å². The minimum atomic E-state index is -4.63. The molecular formula is C38H46ClF3N8O6. The first kappa shape index (κ1) is 42.0. The van der Waals surface area contributed by atoms with Crippen molar-refractivity contribution in [3.05, 3.63) is 64.7 Å². The number of alkyl halides is 3. The van der Waals surface area contributed by atoms with Gasteiger partial charge in [-0.2, -0.15) is 28.1 Å². The van der Waals surface area contributed by atoms with Crippen molar-refractivity contribution in [2.24, 2.45) is 10.8 Å². The van der Waals surface area contributed by atoms with Gasteiger partial charge in [0.1, 0.15) is 6.04 Å². The number of aromatic nitrogens is 3. The maximum absolute atomic E-state index is 13.1.